The van der Waals surface area contributed by atoms with Crippen molar-refractivity contribution in [3.05, 3.63) is 48.2 Å². The second-order valence-corrected chi connectivity index (χ2v) is 8.83. The molecule has 5 rings (SSSR count). The van der Waals surface area contributed by atoms with E-state index in [0.29, 0.717) is 24.1 Å². The van der Waals surface area contributed by atoms with E-state index >= 15 is 0 Å². The van der Waals surface area contributed by atoms with Gasteiger partial charge >= 0.3 is 0 Å². The van der Waals surface area contributed by atoms with Crippen molar-refractivity contribution in [2.45, 2.75) is 12.8 Å². The fourth-order valence-electron chi connectivity index (χ4n) is 4.81. The van der Waals surface area contributed by atoms with Gasteiger partial charge in [0.15, 0.2) is 17.3 Å². The Labute approximate surface area is 194 Å². The number of likely N-dealkylation sites (tertiary alicyclic amines) is 1. The maximum atomic E-state index is 6.10. The van der Waals surface area contributed by atoms with Crippen LogP contribution in [-0.2, 0) is 4.74 Å². The Hall–Kier alpha value is -3.14. The Morgan fingerprint density at radius 3 is 2.97 bits per heavy atom. The third kappa shape index (κ3) is 4.80. The normalized spacial score (nSPS) is 20.4. The molecule has 2 aliphatic heterocycles. The average molecular weight is 444 g/mol. The van der Waals surface area contributed by atoms with Gasteiger partial charge in [-0.15, -0.1) is 6.42 Å². The van der Waals surface area contributed by atoms with Crippen LogP contribution in [0.4, 0.5) is 0 Å². The Balaban J connectivity index is 1.24. The zero-order valence-electron chi connectivity index (χ0n) is 19.0. The summed E-state index contributed by atoms with van der Waals surface area (Å²) in [5.41, 5.74) is 2.50. The summed E-state index contributed by atoms with van der Waals surface area (Å²) in [6, 6.07) is 11.5. The molecule has 33 heavy (non-hydrogen) atoms. The number of terminal acetylenes is 1. The van der Waals surface area contributed by atoms with E-state index in [1.165, 1.54) is 6.42 Å². The number of fused-ring (bicyclic) bond motifs is 2. The maximum Gasteiger partial charge on any atom is 0.162 e. The fourth-order valence-corrected chi connectivity index (χ4v) is 4.81. The maximum absolute atomic E-state index is 6.10. The lowest BCUT2D eigenvalue weighted by Gasteiger charge is -2.33. The second kappa shape index (κ2) is 9.78. The van der Waals surface area contributed by atoms with Gasteiger partial charge in [-0.05, 0) is 43.5 Å². The molecule has 0 saturated carbocycles. The summed E-state index contributed by atoms with van der Waals surface area (Å²) in [5.74, 6) is 6.16. The van der Waals surface area contributed by atoms with Crippen molar-refractivity contribution in [3.63, 3.8) is 0 Å². The summed E-state index contributed by atoms with van der Waals surface area (Å²) in [6.07, 6.45) is 9.57. The third-order valence-corrected chi connectivity index (χ3v) is 6.67. The first-order valence-electron chi connectivity index (χ1n) is 11.6. The lowest BCUT2D eigenvalue weighted by atomic mass is 9.89. The van der Waals surface area contributed by atoms with Gasteiger partial charge in [-0.3, -0.25) is 0 Å². The van der Waals surface area contributed by atoms with E-state index < -0.39 is 0 Å². The molecule has 2 saturated heterocycles. The number of ether oxygens (including phenoxy) is 3. The number of nitrogens with zero attached hydrogens (tertiary/aromatic N) is 3. The number of hydrogen-bond donors (Lipinski definition) is 0. The van der Waals surface area contributed by atoms with Crippen molar-refractivity contribution in [1.82, 2.24) is 14.9 Å². The van der Waals surface area contributed by atoms with E-state index in [1.54, 1.807) is 7.11 Å². The van der Waals surface area contributed by atoms with Crippen LogP contribution in [0, 0.1) is 24.2 Å². The molecule has 2 atom stereocenters. The largest absolute Gasteiger partial charge is 0.493 e. The highest BCUT2D eigenvalue weighted by Gasteiger charge is 2.33. The molecule has 3 aromatic rings. The molecule has 2 aromatic carbocycles. The van der Waals surface area contributed by atoms with Crippen LogP contribution in [0.1, 0.15) is 18.4 Å². The topological polar surface area (TPSA) is 56.7 Å². The molecule has 0 N–H and O–H groups in total. The van der Waals surface area contributed by atoms with Crippen LogP contribution in [0.15, 0.2) is 42.6 Å². The molecule has 0 spiro atoms. The van der Waals surface area contributed by atoms with Gasteiger partial charge in [0, 0.05) is 54.4 Å². The molecule has 3 heterocycles. The van der Waals surface area contributed by atoms with Gasteiger partial charge in [-0.1, -0.05) is 18.1 Å². The number of rotatable bonds is 7. The lowest BCUT2D eigenvalue weighted by Crippen LogP contribution is -2.40. The van der Waals surface area contributed by atoms with Gasteiger partial charge < -0.3 is 19.1 Å². The van der Waals surface area contributed by atoms with Gasteiger partial charge in [-0.2, -0.15) is 0 Å². The molecule has 0 amide bonds. The molecule has 2 unspecified atom stereocenters. The van der Waals surface area contributed by atoms with Gasteiger partial charge in [0.25, 0.3) is 0 Å². The summed E-state index contributed by atoms with van der Waals surface area (Å²) >= 11 is 0. The van der Waals surface area contributed by atoms with Crippen LogP contribution in [0.2, 0.25) is 0 Å². The quantitative estimate of drug-likeness (QED) is 0.406. The van der Waals surface area contributed by atoms with Crippen LogP contribution in [0.5, 0.6) is 11.5 Å². The van der Waals surface area contributed by atoms with Crippen molar-refractivity contribution in [3.8, 4) is 35.2 Å². The minimum Gasteiger partial charge on any atom is -0.493 e. The van der Waals surface area contributed by atoms with Crippen LogP contribution in [0.25, 0.3) is 22.3 Å². The van der Waals surface area contributed by atoms with Gasteiger partial charge in [0.05, 0.1) is 25.8 Å². The molecule has 6 nitrogen and oxygen atoms in total. The summed E-state index contributed by atoms with van der Waals surface area (Å²) in [7, 11) is 1.65. The van der Waals surface area contributed by atoms with Crippen LogP contribution in [0.3, 0.4) is 0 Å². The third-order valence-electron chi connectivity index (χ3n) is 6.67. The van der Waals surface area contributed by atoms with E-state index in [9.17, 15) is 0 Å². The summed E-state index contributed by atoms with van der Waals surface area (Å²) in [6.45, 7) is 5.86. The standard InChI is InChI=1S/C27H29N3O3/c1-3-19-6-4-7-20(12-19)27-28-15-22-13-26(25(31-2)14-24(22)29-27)33-11-5-9-30-10-8-21-17-32-18-23(21)16-30/h1,4,6-7,12-15,21,23H,5,8-11,16-18H2,2H3. The van der Waals surface area contributed by atoms with Gasteiger partial charge in [0.1, 0.15) is 0 Å². The SMILES string of the molecule is C#Cc1cccc(-c2ncc3cc(OCCCN4CCC5COCC5C4)c(OC)cc3n2)c1. The van der Waals surface area contributed by atoms with Crippen molar-refractivity contribution < 1.29 is 14.2 Å². The number of benzene rings is 2. The fraction of sp³-hybridized carbons (Fsp3) is 0.407. The van der Waals surface area contributed by atoms with Gasteiger partial charge in [0.2, 0.25) is 0 Å². The van der Waals surface area contributed by atoms with E-state index in [1.807, 2.05) is 42.6 Å². The summed E-state index contributed by atoms with van der Waals surface area (Å²) < 4.78 is 17.3. The molecular weight excluding hydrogens is 414 g/mol. The zero-order chi connectivity index (χ0) is 22.6. The van der Waals surface area contributed by atoms with Crippen molar-refractivity contribution >= 4 is 10.9 Å². The Bertz CT molecular complexity index is 1170. The summed E-state index contributed by atoms with van der Waals surface area (Å²) in [5, 5.41) is 0.908. The van der Waals surface area contributed by atoms with Crippen molar-refractivity contribution in [1.29, 1.82) is 0 Å². The number of aromatic nitrogens is 2. The number of piperidine rings is 1. The van der Waals surface area contributed by atoms with E-state index in [2.05, 4.69) is 15.8 Å². The van der Waals surface area contributed by atoms with E-state index in [4.69, 9.17) is 25.6 Å². The minimum atomic E-state index is 0.631. The molecule has 6 heteroatoms. The highest BCUT2D eigenvalue weighted by atomic mass is 16.5. The molecule has 0 aliphatic carbocycles. The first kappa shape index (κ1) is 21.7. The molecule has 0 radical (unpaired) electrons. The van der Waals surface area contributed by atoms with Crippen LogP contribution in [-0.4, -0.2) is 61.4 Å². The van der Waals surface area contributed by atoms with Crippen molar-refractivity contribution in [2.75, 3.05) is 46.6 Å². The lowest BCUT2D eigenvalue weighted by molar-refractivity contribution is 0.138. The van der Waals surface area contributed by atoms with E-state index in [0.717, 1.165) is 73.0 Å². The molecule has 1 aromatic heterocycles. The number of methoxy groups -OCH3 is 1. The monoisotopic (exact) mass is 443 g/mol. The first-order chi connectivity index (χ1) is 16.2. The second-order valence-electron chi connectivity index (χ2n) is 8.83. The minimum absolute atomic E-state index is 0.631. The van der Waals surface area contributed by atoms with Crippen molar-refractivity contribution in [2.24, 2.45) is 11.8 Å². The molecule has 2 aliphatic rings. The smallest absolute Gasteiger partial charge is 0.162 e. The molecule has 170 valence electrons. The zero-order valence-corrected chi connectivity index (χ0v) is 19.0. The number of hydrogen-bond acceptors (Lipinski definition) is 6. The molecule has 2 fully saturated rings. The Morgan fingerprint density at radius 1 is 1.18 bits per heavy atom. The first-order valence-corrected chi connectivity index (χ1v) is 11.6. The summed E-state index contributed by atoms with van der Waals surface area (Å²) in [4.78, 5) is 11.8. The Morgan fingerprint density at radius 2 is 2.09 bits per heavy atom. The highest BCUT2D eigenvalue weighted by Crippen LogP contribution is 2.33. The highest BCUT2D eigenvalue weighted by molar-refractivity contribution is 5.83. The predicted molar refractivity (Wildman–Crippen MR) is 128 cm³/mol. The van der Waals surface area contributed by atoms with Crippen LogP contribution < -0.4 is 9.47 Å². The van der Waals surface area contributed by atoms with Crippen LogP contribution >= 0.6 is 0 Å². The molecule has 0 bridgehead atoms. The predicted octanol–water partition coefficient (Wildman–Crippen LogP) is 4.02. The van der Waals surface area contributed by atoms with E-state index in [-0.39, 0.29) is 0 Å². The Kier molecular flexibility index (Phi) is 6.43. The average Bonchev–Trinajstić information content (AvgIpc) is 3.34. The molecular formula is C27H29N3O3. The van der Waals surface area contributed by atoms with Gasteiger partial charge in [-0.25, -0.2) is 9.97 Å².